The highest BCUT2D eigenvalue weighted by Gasteiger charge is 1.52. The fraction of sp³-hybridized carbons (Fsp3) is 0. The summed E-state index contributed by atoms with van der Waals surface area (Å²) in [5.41, 5.74) is 5.00. The second-order valence-corrected chi connectivity index (χ2v) is 1.01. The maximum Gasteiger partial charge on any atom is -0.00624 e. The molecule has 0 heterocycles. The van der Waals surface area contributed by atoms with Gasteiger partial charge in [-0.1, -0.05) is 24.8 Å². The van der Waals surface area contributed by atoms with Gasteiger partial charge in [0.15, 0.2) is 0 Å². The van der Waals surface area contributed by atoms with Gasteiger partial charge in [0, 0.05) is 0 Å². The van der Waals surface area contributed by atoms with Gasteiger partial charge in [-0.3, -0.25) is 0 Å². The molecule has 7 heavy (non-hydrogen) atoms. The highest BCUT2D eigenvalue weighted by Crippen LogP contribution is 1.71. The van der Waals surface area contributed by atoms with Crippen LogP contribution in [0.5, 0.6) is 0 Å². The van der Waals surface area contributed by atoms with Crippen LogP contribution >= 0.6 is 0 Å². The molecule has 0 amide bonds. The predicted octanol–water partition coefficient (Wildman–Crippen LogP) is 1.20. The Kier molecular flexibility index (Phi) is 4.32. The average Bonchev–Trinajstić information content (AvgIpc) is 1.69. The number of hydrogen-bond donors (Lipinski definition) is 1. The average molecular weight is 95.1 g/mol. The van der Waals surface area contributed by atoms with Gasteiger partial charge in [-0.15, -0.1) is 0 Å². The van der Waals surface area contributed by atoms with E-state index >= 15 is 0 Å². The van der Waals surface area contributed by atoms with Crippen molar-refractivity contribution in [2.24, 2.45) is 5.73 Å². The summed E-state index contributed by atoms with van der Waals surface area (Å²) in [5, 5.41) is 0. The van der Waals surface area contributed by atoms with Crippen molar-refractivity contribution >= 4 is 0 Å². The van der Waals surface area contributed by atoms with Gasteiger partial charge in [-0.2, -0.15) is 0 Å². The van der Waals surface area contributed by atoms with E-state index in [1.54, 1.807) is 12.2 Å². The van der Waals surface area contributed by atoms with E-state index in [0.29, 0.717) is 0 Å². The van der Waals surface area contributed by atoms with Crippen molar-refractivity contribution in [2.45, 2.75) is 0 Å². The van der Waals surface area contributed by atoms with Crippen molar-refractivity contribution in [3.05, 3.63) is 37.1 Å². The molecule has 0 spiro atoms. The van der Waals surface area contributed by atoms with Crippen molar-refractivity contribution in [2.75, 3.05) is 0 Å². The second-order valence-electron chi connectivity index (χ2n) is 1.01. The zero-order chi connectivity index (χ0) is 5.54. The fourth-order valence-corrected chi connectivity index (χ4v) is 0.207. The summed E-state index contributed by atoms with van der Waals surface area (Å²) in [7, 11) is 0. The first-order valence-electron chi connectivity index (χ1n) is 2.07. The molecule has 0 atom stereocenters. The lowest BCUT2D eigenvalue weighted by Gasteiger charge is -1.66. The Morgan fingerprint density at radius 2 is 1.86 bits per heavy atom. The Labute approximate surface area is 43.8 Å². The van der Waals surface area contributed by atoms with Crippen molar-refractivity contribution in [3.63, 3.8) is 0 Å². The van der Waals surface area contributed by atoms with Gasteiger partial charge in [0.25, 0.3) is 0 Å². The quantitative estimate of drug-likeness (QED) is 0.512. The molecular formula is C6H9N. The Balaban J connectivity index is 3.27. The van der Waals surface area contributed by atoms with Crippen LogP contribution in [0.3, 0.4) is 0 Å². The standard InChI is InChI=1S/C6H9N/c1-2-3-4-5-6-7/h2-6H,1,7H2/b4-3+,6-5-. The molecule has 0 radical (unpaired) electrons. The molecule has 0 unspecified atom stereocenters. The monoisotopic (exact) mass is 95.1 g/mol. The van der Waals surface area contributed by atoms with Crippen molar-refractivity contribution in [3.8, 4) is 0 Å². The smallest absolute Gasteiger partial charge is 0.00624 e. The van der Waals surface area contributed by atoms with E-state index in [9.17, 15) is 0 Å². The third-order valence-electron chi connectivity index (χ3n) is 0.469. The lowest BCUT2D eigenvalue weighted by Crippen LogP contribution is -1.71. The topological polar surface area (TPSA) is 26.0 Å². The Bertz CT molecular complexity index is 90.4. The number of hydrogen-bond acceptors (Lipinski definition) is 1. The highest BCUT2D eigenvalue weighted by atomic mass is 14.5. The van der Waals surface area contributed by atoms with E-state index < -0.39 is 0 Å². The highest BCUT2D eigenvalue weighted by molar-refractivity contribution is 5.07. The van der Waals surface area contributed by atoms with Gasteiger partial charge >= 0.3 is 0 Å². The predicted molar refractivity (Wildman–Crippen MR) is 32.7 cm³/mol. The van der Waals surface area contributed by atoms with Crippen molar-refractivity contribution in [1.29, 1.82) is 0 Å². The van der Waals surface area contributed by atoms with E-state index in [1.807, 2.05) is 12.2 Å². The van der Waals surface area contributed by atoms with E-state index in [4.69, 9.17) is 5.73 Å². The molecule has 1 heteroatoms. The number of rotatable bonds is 2. The normalized spacial score (nSPS) is 10.9. The molecule has 0 aromatic heterocycles. The van der Waals surface area contributed by atoms with E-state index in [2.05, 4.69) is 6.58 Å². The molecule has 0 aliphatic heterocycles. The maximum atomic E-state index is 5.00. The maximum absolute atomic E-state index is 5.00. The SMILES string of the molecule is C=C/C=C/C=C\N. The summed E-state index contributed by atoms with van der Waals surface area (Å²) >= 11 is 0. The van der Waals surface area contributed by atoms with Crippen LogP contribution in [-0.4, -0.2) is 0 Å². The molecule has 1 nitrogen and oxygen atoms in total. The Morgan fingerprint density at radius 1 is 1.14 bits per heavy atom. The minimum absolute atomic E-state index is 1.47. The minimum atomic E-state index is 1.47. The van der Waals surface area contributed by atoms with Gasteiger partial charge in [-0.05, 0) is 12.3 Å². The molecule has 0 fully saturated rings. The summed E-state index contributed by atoms with van der Waals surface area (Å²) in [5.74, 6) is 0. The van der Waals surface area contributed by atoms with Crippen LogP contribution in [0.2, 0.25) is 0 Å². The molecule has 0 saturated carbocycles. The lowest BCUT2D eigenvalue weighted by atomic mass is 10.5. The van der Waals surface area contributed by atoms with Crippen LogP contribution in [0.15, 0.2) is 37.1 Å². The molecule has 0 rings (SSSR count). The minimum Gasteiger partial charge on any atom is -0.405 e. The van der Waals surface area contributed by atoms with Gasteiger partial charge in [0.2, 0.25) is 0 Å². The van der Waals surface area contributed by atoms with Crippen LogP contribution in [0.25, 0.3) is 0 Å². The molecule has 0 aliphatic rings. The van der Waals surface area contributed by atoms with Crippen LogP contribution in [-0.2, 0) is 0 Å². The summed E-state index contributed by atoms with van der Waals surface area (Å²) in [4.78, 5) is 0. The van der Waals surface area contributed by atoms with Crippen LogP contribution < -0.4 is 5.73 Å². The fourth-order valence-electron chi connectivity index (χ4n) is 0.207. The molecule has 0 aromatic carbocycles. The zero-order valence-electron chi connectivity index (χ0n) is 4.17. The van der Waals surface area contributed by atoms with E-state index in [-0.39, 0.29) is 0 Å². The first-order chi connectivity index (χ1) is 3.41. The van der Waals surface area contributed by atoms with Crippen LogP contribution in [0.4, 0.5) is 0 Å². The van der Waals surface area contributed by atoms with Gasteiger partial charge < -0.3 is 5.73 Å². The summed E-state index contributed by atoms with van der Waals surface area (Å²) < 4.78 is 0. The summed E-state index contributed by atoms with van der Waals surface area (Å²) in [6.07, 6.45) is 8.53. The van der Waals surface area contributed by atoms with E-state index in [0.717, 1.165) is 0 Å². The summed E-state index contributed by atoms with van der Waals surface area (Å²) in [6, 6.07) is 0. The second kappa shape index (κ2) is 5.02. The third kappa shape index (κ3) is 5.02. The van der Waals surface area contributed by atoms with Gasteiger partial charge in [0.1, 0.15) is 0 Å². The van der Waals surface area contributed by atoms with Crippen LogP contribution in [0.1, 0.15) is 0 Å². The molecule has 0 saturated heterocycles. The van der Waals surface area contributed by atoms with Crippen molar-refractivity contribution in [1.82, 2.24) is 0 Å². The first kappa shape index (κ1) is 6.02. The zero-order valence-corrected chi connectivity index (χ0v) is 4.17. The molecular weight excluding hydrogens is 86.1 g/mol. The molecule has 0 bridgehead atoms. The lowest BCUT2D eigenvalue weighted by molar-refractivity contribution is 1.60. The molecule has 0 aliphatic carbocycles. The molecule has 2 N–H and O–H groups in total. The number of nitrogens with two attached hydrogens (primary N) is 1. The van der Waals surface area contributed by atoms with Crippen molar-refractivity contribution < 1.29 is 0 Å². The first-order valence-corrected chi connectivity index (χ1v) is 2.07. The third-order valence-corrected chi connectivity index (χ3v) is 0.469. The Hall–Kier alpha value is -0.980. The van der Waals surface area contributed by atoms with Gasteiger partial charge in [-0.25, -0.2) is 0 Å². The van der Waals surface area contributed by atoms with Crippen LogP contribution in [0, 0.1) is 0 Å². The number of allylic oxidation sites excluding steroid dienone is 4. The molecule has 38 valence electrons. The Morgan fingerprint density at radius 3 is 2.29 bits per heavy atom. The largest absolute Gasteiger partial charge is 0.405 e. The van der Waals surface area contributed by atoms with E-state index in [1.165, 1.54) is 6.20 Å². The van der Waals surface area contributed by atoms with Gasteiger partial charge in [0.05, 0.1) is 0 Å². The molecule has 0 aromatic rings. The summed E-state index contributed by atoms with van der Waals surface area (Å²) in [6.45, 7) is 3.47.